The van der Waals surface area contributed by atoms with E-state index in [0.29, 0.717) is 0 Å². The SMILES string of the molecule is CCCC1CCN(c2ccc(CNC)c(Br)c2)C1. The number of rotatable bonds is 5. The van der Waals surface area contributed by atoms with Gasteiger partial charge in [0.05, 0.1) is 0 Å². The van der Waals surface area contributed by atoms with Gasteiger partial charge in [-0.25, -0.2) is 0 Å². The molecule has 1 aromatic rings. The molecule has 3 heteroatoms. The summed E-state index contributed by atoms with van der Waals surface area (Å²) in [5.74, 6) is 0.894. The third-order valence-corrected chi connectivity index (χ3v) is 4.49. The first-order valence-corrected chi connectivity index (χ1v) is 7.72. The molecule has 0 aliphatic carbocycles. The fourth-order valence-corrected chi connectivity index (χ4v) is 3.28. The van der Waals surface area contributed by atoms with Crippen molar-refractivity contribution in [2.75, 3.05) is 25.0 Å². The second kappa shape index (κ2) is 6.58. The molecule has 1 unspecified atom stereocenters. The molecular formula is C15H23BrN2. The molecule has 1 aliphatic rings. The summed E-state index contributed by atoms with van der Waals surface area (Å²) in [6.45, 7) is 5.64. The standard InChI is InChI=1S/C15H23BrN2/c1-3-4-12-7-8-18(11-12)14-6-5-13(10-17-2)15(16)9-14/h5-6,9,12,17H,3-4,7-8,10-11H2,1-2H3. The molecule has 0 radical (unpaired) electrons. The Morgan fingerprint density at radius 3 is 2.94 bits per heavy atom. The van der Waals surface area contributed by atoms with Crippen LogP contribution in [0, 0.1) is 5.92 Å². The van der Waals surface area contributed by atoms with E-state index in [1.807, 2.05) is 7.05 Å². The van der Waals surface area contributed by atoms with E-state index in [4.69, 9.17) is 0 Å². The Kier molecular flexibility index (Phi) is 5.07. The summed E-state index contributed by atoms with van der Waals surface area (Å²) in [4.78, 5) is 2.52. The maximum atomic E-state index is 3.67. The van der Waals surface area contributed by atoms with E-state index < -0.39 is 0 Å². The van der Waals surface area contributed by atoms with Crippen molar-refractivity contribution < 1.29 is 0 Å². The van der Waals surface area contributed by atoms with Crippen LogP contribution < -0.4 is 10.2 Å². The minimum atomic E-state index is 0.894. The molecule has 100 valence electrons. The predicted octanol–water partition coefficient (Wildman–Crippen LogP) is 3.79. The molecule has 1 fully saturated rings. The monoisotopic (exact) mass is 310 g/mol. The van der Waals surface area contributed by atoms with Gasteiger partial charge in [-0.05, 0) is 43.5 Å². The number of hydrogen-bond acceptors (Lipinski definition) is 2. The van der Waals surface area contributed by atoms with Crippen LogP contribution in [0.3, 0.4) is 0 Å². The van der Waals surface area contributed by atoms with Crippen molar-refractivity contribution in [3.8, 4) is 0 Å². The normalized spacial score (nSPS) is 19.5. The van der Waals surface area contributed by atoms with Crippen LogP contribution in [0.15, 0.2) is 22.7 Å². The van der Waals surface area contributed by atoms with Gasteiger partial charge in [-0.15, -0.1) is 0 Å². The highest BCUT2D eigenvalue weighted by molar-refractivity contribution is 9.10. The van der Waals surface area contributed by atoms with Crippen LogP contribution in [-0.4, -0.2) is 20.1 Å². The molecule has 0 spiro atoms. The Morgan fingerprint density at radius 2 is 2.28 bits per heavy atom. The van der Waals surface area contributed by atoms with Gasteiger partial charge in [0, 0.05) is 29.8 Å². The lowest BCUT2D eigenvalue weighted by molar-refractivity contribution is 0.530. The van der Waals surface area contributed by atoms with Crippen LogP contribution in [0.4, 0.5) is 5.69 Å². The van der Waals surface area contributed by atoms with Gasteiger partial charge < -0.3 is 10.2 Å². The third-order valence-electron chi connectivity index (χ3n) is 3.75. The Balaban J connectivity index is 2.04. The van der Waals surface area contributed by atoms with Crippen LogP contribution in [0.1, 0.15) is 31.7 Å². The van der Waals surface area contributed by atoms with Crippen LogP contribution in [0.25, 0.3) is 0 Å². The zero-order valence-electron chi connectivity index (χ0n) is 11.4. The molecule has 1 saturated heterocycles. The highest BCUT2D eigenvalue weighted by Gasteiger charge is 2.22. The highest BCUT2D eigenvalue weighted by atomic mass is 79.9. The molecule has 1 aliphatic heterocycles. The minimum absolute atomic E-state index is 0.894. The lowest BCUT2D eigenvalue weighted by Gasteiger charge is -2.20. The van der Waals surface area contributed by atoms with Crippen LogP contribution in [0.2, 0.25) is 0 Å². The quantitative estimate of drug-likeness (QED) is 0.890. The van der Waals surface area contributed by atoms with Crippen molar-refractivity contribution in [2.45, 2.75) is 32.7 Å². The minimum Gasteiger partial charge on any atom is -0.371 e. The lowest BCUT2D eigenvalue weighted by Crippen LogP contribution is -2.19. The fourth-order valence-electron chi connectivity index (χ4n) is 2.78. The van der Waals surface area contributed by atoms with Crippen LogP contribution in [-0.2, 0) is 6.54 Å². The highest BCUT2D eigenvalue weighted by Crippen LogP contribution is 2.29. The summed E-state index contributed by atoms with van der Waals surface area (Å²) in [6.07, 6.45) is 4.03. The Hall–Kier alpha value is -0.540. The summed E-state index contributed by atoms with van der Waals surface area (Å²) in [6, 6.07) is 6.75. The summed E-state index contributed by atoms with van der Waals surface area (Å²) >= 11 is 3.67. The van der Waals surface area contributed by atoms with E-state index >= 15 is 0 Å². The van der Waals surface area contributed by atoms with E-state index in [-0.39, 0.29) is 0 Å². The largest absolute Gasteiger partial charge is 0.371 e. The Bertz CT molecular complexity index is 392. The van der Waals surface area contributed by atoms with Gasteiger partial charge in [0.2, 0.25) is 0 Å². The molecule has 2 nitrogen and oxygen atoms in total. The number of hydrogen-bond donors (Lipinski definition) is 1. The second-order valence-electron chi connectivity index (χ2n) is 5.20. The molecule has 1 aromatic carbocycles. The summed E-state index contributed by atoms with van der Waals surface area (Å²) in [5, 5.41) is 3.19. The molecule has 1 heterocycles. The first-order valence-electron chi connectivity index (χ1n) is 6.92. The summed E-state index contributed by atoms with van der Waals surface area (Å²) in [7, 11) is 1.98. The van der Waals surface area contributed by atoms with Gasteiger partial charge in [-0.2, -0.15) is 0 Å². The molecule has 0 bridgehead atoms. The molecule has 18 heavy (non-hydrogen) atoms. The molecule has 2 rings (SSSR count). The van der Waals surface area contributed by atoms with Gasteiger partial charge in [0.15, 0.2) is 0 Å². The van der Waals surface area contributed by atoms with Crippen molar-refractivity contribution in [3.05, 3.63) is 28.2 Å². The van der Waals surface area contributed by atoms with E-state index in [9.17, 15) is 0 Å². The average Bonchev–Trinajstić information content (AvgIpc) is 2.81. The molecule has 0 amide bonds. The van der Waals surface area contributed by atoms with E-state index in [0.717, 1.165) is 12.5 Å². The second-order valence-corrected chi connectivity index (χ2v) is 6.05. The van der Waals surface area contributed by atoms with Crippen molar-refractivity contribution in [3.63, 3.8) is 0 Å². The topological polar surface area (TPSA) is 15.3 Å². The first-order chi connectivity index (χ1) is 8.74. The first kappa shape index (κ1) is 13.9. The van der Waals surface area contributed by atoms with Crippen molar-refractivity contribution in [1.29, 1.82) is 0 Å². The molecule has 1 N–H and O–H groups in total. The van der Waals surface area contributed by atoms with Gasteiger partial charge >= 0.3 is 0 Å². The van der Waals surface area contributed by atoms with Gasteiger partial charge in [-0.1, -0.05) is 35.3 Å². The summed E-state index contributed by atoms with van der Waals surface area (Å²) in [5.41, 5.74) is 2.69. The number of halogens is 1. The van der Waals surface area contributed by atoms with Gasteiger partial charge in [-0.3, -0.25) is 0 Å². The number of nitrogens with one attached hydrogen (secondary N) is 1. The third kappa shape index (κ3) is 3.27. The Labute approximate surface area is 119 Å². The van der Waals surface area contributed by atoms with Crippen molar-refractivity contribution in [2.24, 2.45) is 5.92 Å². The smallest absolute Gasteiger partial charge is 0.0377 e. The number of anilines is 1. The molecule has 0 aromatic heterocycles. The van der Waals surface area contributed by atoms with Gasteiger partial charge in [0.25, 0.3) is 0 Å². The molecule has 1 atom stereocenters. The zero-order chi connectivity index (χ0) is 13.0. The van der Waals surface area contributed by atoms with E-state index in [2.05, 4.69) is 51.3 Å². The summed E-state index contributed by atoms with van der Waals surface area (Å²) < 4.78 is 1.22. The number of nitrogens with zero attached hydrogens (tertiary/aromatic N) is 1. The predicted molar refractivity (Wildman–Crippen MR) is 82.1 cm³/mol. The molecule has 0 saturated carbocycles. The average molecular weight is 311 g/mol. The van der Waals surface area contributed by atoms with Gasteiger partial charge in [0.1, 0.15) is 0 Å². The Morgan fingerprint density at radius 1 is 1.44 bits per heavy atom. The van der Waals surface area contributed by atoms with Crippen LogP contribution >= 0.6 is 15.9 Å². The van der Waals surface area contributed by atoms with E-state index in [1.54, 1.807) is 0 Å². The van der Waals surface area contributed by atoms with Crippen molar-refractivity contribution in [1.82, 2.24) is 5.32 Å². The zero-order valence-corrected chi connectivity index (χ0v) is 13.0. The maximum absolute atomic E-state index is 3.67. The fraction of sp³-hybridized carbons (Fsp3) is 0.600. The molecular weight excluding hydrogens is 288 g/mol. The lowest BCUT2D eigenvalue weighted by atomic mass is 10.0. The number of benzene rings is 1. The maximum Gasteiger partial charge on any atom is 0.0377 e. The van der Waals surface area contributed by atoms with E-state index in [1.165, 1.54) is 48.1 Å². The van der Waals surface area contributed by atoms with Crippen LogP contribution in [0.5, 0.6) is 0 Å². The van der Waals surface area contributed by atoms with Crippen molar-refractivity contribution >= 4 is 21.6 Å².